The first kappa shape index (κ1) is 12.7. The normalized spacial score (nSPS) is 10.1. The zero-order valence-electron chi connectivity index (χ0n) is 9.96. The minimum Gasteiger partial charge on any atom is -0.478 e. The number of carboxylic acids is 1. The van der Waals surface area contributed by atoms with Gasteiger partial charge in [0.1, 0.15) is 6.33 Å². The van der Waals surface area contributed by atoms with Crippen molar-refractivity contribution in [3.8, 4) is 0 Å². The fraction of sp³-hybridized carbons (Fsp3) is 0.167. The maximum Gasteiger partial charge on any atom is 0.335 e. The summed E-state index contributed by atoms with van der Waals surface area (Å²) in [6.45, 7) is 0.436. The number of carbonyl (C=O) groups is 2. The Morgan fingerprint density at radius 3 is 2.58 bits per heavy atom. The van der Waals surface area contributed by atoms with Gasteiger partial charge in [-0.15, -0.1) is 0 Å². The van der Waals surface area contributed by atoms with Crippen LogP contribution in [0.5, 0.6) is 0 Å². The van der Waals surface area contributed by atoms with E-state index < -0.39 is 5.97 Å². The lowest BCUT2D eigenvalue weighted by Crippen LogP contribution is -2.26. The van der Waals surface area contributed by atoms with Gasteiger partial charge in [-0.3, -0.25) is 9.89 Å². The van der Waals surface area contributed by atoms with Crippen molar-refractivity contribution in [3.63, 3.8) is 0 Å². The molecule has 0 fully saturated rings. The molecule has 98 valence electrons. The number of aromatic nitrogens is 3. The Bertz CT molecular complexity index is 563. The maximum atomic E-state index is 11.5. The first-order valence-electron chi connectivity index (χ1n) is 5.62. The number of carboxylic acid groups (broad SMARTS) is 1. The van der Waals surface area contributed by atoms with E-state index in [-0.39, 0.29) is 17.3 Å². The SMILES string of the molecule is O=C(O)c1ccc(CCNC(=O)c2ncn[nH]2)cc1. The lowest BCUT2D eigenvalue weighted by Gasteiger charge is -2.03. The molecule has 7 nitrogen and oxygen atoms in total. The van der Waals surface area contributed by atoms with Crippen molar-refractivity contribution in [1.29, 1.82) is 0 Å². The predicted octanol–water partition coefficient (Wildman–Crippen LogP) is 0.475. The van der Waals surface area contributed by atoms with E-state index in [0.717, 1.165) is 5.56 Å². The van der Waals surface area contributed by atoms with E-state index in [1.807, 2.05) is 0 Å². The number of aromatic carboxylic acids is 1. The highest BCUT2D eigenvalue weighted by Gasteiger charge is 2.07. The lowest BCUT2D eigenvalue weighted by atomic mass is 10.1. The fourth-order valence-electron chi connectivity index (χ4n) is 1.53. The Balaban J connectivity index is 1.82. The van der Waals surface area contributed by atoms with E-state index in [1.54, 1.807) is 12.1 Å². The molecular formula is C12H12N4O3. The number of aromatic amines is 1. The van der Waals surface area contributed by atoms with E-state index in [9.17, 15) is 9.59 Å². The summed E-state index contributed by atoms with van der Waals surface area (Å²) in [6, 6.07) is 6.53. The molecule has 2 rings (SSSR count). The molecule has 0 saturated heterocycles. The van der Waals surface area contributed by atoms with Crippen molar-refractivity contribution in [2.75, 3.05) is 6.54 Å². The van der Waals surface area contributed by atoms with Crippen molar-refractivity contribution in [2.24, 2.45) is 0 Å². The van der Waals surface area contributed by atoms with Crippen LogP contribution in [-0.4, -0.2) is 38.7 Å². The van der Waals surface area contributed by atoms with Gasteiger partial charge in [-0.1, -0.05) is 12.1 Å². The highest BCUT2D eigenvalue weighted by molar-refractivity contribution is 5.90. The van der Waals surface area contributed by atoms with Crippen molar-refractivity contribution < 1.29 is 14.7 Å². The predicted molar refractivity (Wildman–Crippen MR) is 65.8 cm³/mol. The van der Waals surface area contributed by atoms with Gasteiger partial charge in [0.2, 0.25) is 5.82 Å². The van der Waals surface area contributed by atoms with Gasteiger partial charge in [-0.25, -0.2) is 9.78 Å². The van der Waals surface area contributed by atoms with E-state index >= 15 is 0 Å². The third kappa shape index (κ3) is 3.38. The van der Waals surface area contributed by atoms with Gasteiger partial charge in [-0.2, -0.15) is 5.10 Å². The van der Waals surface area contributed by atoms with E-state index in [4.69, 9.17) is 5.11 Å². The molecule has 0 radical (unpaired) electrons. The number of nitrogens with zero attached hydrogens (tertiary/aromatic N) is 2. The second kappa shape index (κ2) is 5.76. The van der Waals surface area contributed by atoms with E-state index in [0.29, 0.717) is 13.0 Å². The summed E-state index contributed by atoms with van der Waals surface area (Å²) in [5.41, 5.74) is 1.19. The van der Waals surface area contributed by atoms with Gasteiger partial charge in [0, 0.05) is 6.54 Å². The molecule has 1 aromatic heterocycles. The molecule has 2 aromatic rings. The van der Waals surface area contributed by atoms with Gasteiger partial charge in [0.25, 0.3) is 5.91 Å². The minimum absolute atomic E-state index is 0.168. The molecule has 0 bridgehead atoms. The first-order chi connectivity index (χ1) is 9.16. The van der Waals surface area contributed by atoms with Crippen molar-refractivity contribution in [2.45, 2.75) is 6.42 Å². The van der Waals surface area contributed by atoms with Crippen LogP contribution in [0.3, 0.4) is 0 Å². The molecule has 0 aliphatic carbocycles. The highest BCUT2D eigenvalue weighted by atomic mass is 16.4. The highest BCUT2D eigenvalue weighted by Crippen LogP contribution is 2.04. The molecule has 0 saturated carbocycles. The Morgan fingerprint density at radius 1 is 1.26 bits per heavy atom. The summed E-state index contributed by atoms with van der Waals surface area (Å²) in [7, 11) is 0. The number of H-pyrrole nitrogens is 1. The topological polar surface area (TPSA) is 108 Å². The molecule has 19 heavy (non-hydrogen) atoms. The number of benzene rings is 1. The second-order valence-electron chi connectivity index (χ2n) is 3.84. The van der Waals surface area contributed by atoms with Gasteiger partial charge < -0.3 is 10.4 Å². The Hall–Kier alpha value is -2.70. The number of nitrogens with one attached hydrogen (secondary N) is 2. The summed E-state index contributed by atoms with van der Waals surface area (Å²) in [5.74, 6) is -1.11. The van der Waals surface area contributed by atoms with Crippen molar-refractivity contribution in [1.82, 2.24) is 20.5 Å². The molecule has 1 amide bonds. The van der Waals surface area contributed by atoms with Gasteiger partial charge in [0.15, 0.2) is 0 Å². The van der Waals surface area contributed by atoms with Crippen LogP contribution in [0.4, 0.5) is 0 Å². The fourth-order valence-corrected chi connectivity index (χ4v) is 1.53. The Kier molecular flexibility index (Phi) is 3.87. The average molecular weight is 260 g/mol. The standard InChI is InChI=1S/C12H12N4O3/c17-11(10-14-7-15-16-10)13-6-5-8-1-3-9(4-2-8)12(18)19/h1-4,7H,5-6H2,(H,13,17)(H,18,19)(H,14,15,16). The molecule has 1 aromatic carbocycles. The van der Waals surface area contributed by atoms with Crippen LogP contribution in [-0.2, 0) is 6.42 Å². The van der Waals surface area contributed by atoms with Gasteiger partial charge in [0.05, 0.1) is 5.56 Å². The first-order valence-corrected chi connectivity index (χ1v) is 5.62. The Labute approximate surface area is 108 Å². The summed E-state index contributed by atoms with van der Waals surface area (Å²) < 4.78 is 0. The summed E-state index contributed by atoms with van der Waals surface area (Å²) in [4.78, 5) is 25.9. The molecule has 3 N–H and O–H groups in total. The smallest absolute Gasteiger partial charge is 0.335 e. The lowest BCUT2D eigenvalue weighted by molar-refractivity contribution is 0.0696. The molecule has 1 heterocycles. The number of carbonyl (C=O) groups excluding carboxylic acids is 1. The zero-order valence-corrected chi connectivity index (χ0v) is 9.96. The van der Waals surface area contributed by atoms with Crippen LogP contribution >= 0.6 is 0 Å². The molecule has 0 aliphatic heterocycles. The monoisotopic (exact) mass is 260 g/mol. The largest absolute Gasteiger partial charge is 0.478 e. The quantitative estimate of drug-likeness (QED) is 0.724. The van der Waals surface area contributed by atoms with Crippen LogP contribution < -0.4 is 5.32 Å². The average Bonchev–Trinajstić information content (AvgIpc) is 2.93. The van der Waals surface area contributed by atoms with Crippen LogP contribution in [0.15, 0.2) is 30.6 Å². The molecule has 0 aliphatic rings. The molecule has 0 atom stereocenters. The van der Waals surface area contributed by atoms with Crippen LogP contribution in [0.25, 0.3) is 0 Å². The van der Waals surface area contributed by atoms with Crippen molar-refractivity contribution >= 4 is 11.9 Å². The van der Waals surface area contributed by atoms with Crippen molar-refractivity contribution in [3.05, 3.63) is 47.5 Å². The second-order valence-corrected chi connectivity index (χ2v) is 3.84. The maximum absolute atomic E-state index is 11.5. The summed E-state index contributed by atoms with van der Waals surface area (Å²) >= 11 is 0. The zero-order chi connectivity index (χ0) is 13.7. The van der Waals surface area contributed by atoms with Crippen LogP contribution in [0.1, 0.15) is 26.5 Å². The molecular weight excluding hydrogens is 248 g/mol. The number of rotatable bonds is 5. The number of hydrogen-bond donors (Lipinski definition) is 3. The molecule has 7 heteroatoms. The third-order valence-corrected chi connectivity index (χ3v) is 2.53. The van der Waals surface area contributed by atoms with E-state index in [2.05, 4.69) is 20.5 Å². The molecule has 0 spiro atoms. The Morgan fingerprint density at radius 2 is 2.00 bits per heavy atom. The summed E-state index contributed by atoms with van der Waals surface area (Å²) in [6.07, 6.45) is 1.87. The number of amides is 1. The minimum atomic E-state index is -0.954. The number of hydrogen-bond acceptors (Lipinski definition) is 4. The van der Waals surface area contributed by atoms with Gasteiger partial charge in [-0.05, 0) is 24.1 Å². The summed E-state index contributed by atoms with van der Waals surface area (Å²) in [5, 5.41) is 17.5. The van der Waals surface area contributed by atoms with Crippen LogP contribution in [0, 0.1) is 0 Å². The third-order valence-electron chi connectivity index (χ3n) is 2.53. The van der Waals surface area contributed by atoms with Gasteiger partial charge >= 0.3 is 5.97 Å². The van der Waals surface area contributed by atoms with E-state index in [1.165, 1.54) is 18.5 Å². The molecule has 0 unspecified atom stereocenters. The van der Waals surface area contributed by atoms with Crippen LogP contribution in [0.2, 0.25) is 0 Å².